The molecule has 1 aliphatic heterocycles. The molecule has 0 aromatic carbocycles. The predicted octanol–water partition coefficient (Wildman–Crippen LogP) is 1.10. The van der Waals surface area contributed by atoms with Gasteiger partial charge in [-0.2, -0.15) is 0 Å². The first kappa shape index (κ1) is 15.2. The van der Waals surface area contributed by atoms with Gasteiger partial charge in [-0.05, 0) is 27.1 Å². The molecule has 1 amide bonds. The van der Waals surface area contributed by atoms with Gasteiger partial charge in [0.2, 0.25) is 0 Å². The zero-order valence-corrected chi connectivity index (χ0v) is 12.2. The highest BCUT2D eigenvalue weighted by Crippen LogP contribution is 2.05. The van der Waals surface area contributed by atoms with Crippen LogP contribution in [0.25, 0.3) is 0 Å². The van der Waals surface area contributed by atoms with Gasteiger partial charge in [0.05, 0.1) is 0 Å². The summed E-state index contributed by atoms with van der Waals surface area (Å²) < 4.78 is 5.49. The minimum absolute atomic E-state index is 0.0444. The van der Waals surface area contributed by atoms with Crippen LogP contribution < -0.4 is 0 Å². The second-order valence-corrected chi connectivity index (χ2v) is 4.97. The number of piperazine rings is 1. The Bertz CT molecular complexity index is 249. The van der Waals surface area contributed by atoms with E-state index in [0.717, 1.165) is 45.8 Å². The minimum atomic E-state index is -0.164. The number of rotatable bonds is 5. The Kier molecular flexibility index (Phi) is 6.43. The molecule has 0 spiro atoms. The van der Waals surface area contributed by atoms with Gasteiger partial charge in [-0.25, -0.2) is 4.79 Å². The van der Waals surface area contributed by atoms with Crippen LogP contribution in [0.3, 0.4) is 0 Å². The van der Waals surface area contributed by atoms with Crippen LogP contribution in [0.15, 0.2) is 0 Å². The van der Waals surface area contributed by atoms with Gasteiger partial charge in [-0.3, -0.25) is 0 Å². The third-order valence-corrected chi connectivity index (χ3v) is 3.47. The van der Waals surface area contributed by atoms with Crippen molar-refractivity contribution in [3.8, 4) is 0 Å². The molecule has 0 aromatic rings. The highest BCUT2D eigenvalue weighted by atomic mass is 16.6. The topological polar surface area (TPSA) is 36.0 Å². The summed E-state index contributed by atoms with van der Waals surface area (Å²) in [4.78, 5) is 18.2. The first-order chi connectivity index (χ1) is 8.56. The molecule has 1 rings (SSSR count). The van der Waals surface area contributed by atoms with Crippen molar-refractivity contribution in [2.45, 2.75) is 26.9 Å². The predicted molar refractivity (Wildman–Crippen MR) is 72.8 cm³/mol. The number of hydrogen-bond donors (Lipinski definition) is 0. The Morgan fingerprint density at radius 3 is 2.28 bits per heavy atom. The molecule has 1 fully saturated rings. The van der Waals surface area contributed by atoms with Crippen molar-refractivity contribution in [3.63, 3.8) is 0 Å². The Morgan fingerprint density at radius 1 is 1.22 bits per heavy atom. The summed E-state index contributed by atoms with van der Waals surface area (Å²) in [5.74, 6) is 0. The van der Waals surface area contributed by atoms with E-state index in [9.17, 15) is 4.79 Å². The molecule has 106 valence electrons. The Labute approximate surface area is 111 Å². The zero-order chi connectivity index (χ0) is 13.5. The van der Waals surface area contributed by atoms with E-state index in [4.69, 9.17) is 4.74 Å². The van der Waals surface area contributed by atoms with E-state index >= 15 is 0 Å². The lowest BCUT2D eigenvalue weighted by Gasteiger charge is -2.33. The van der Waals surface area contributed by atoms with Gasteiger partial charge in [-0.1, -0.05) is 13.8 Å². The lowest BCUT2D eigenvalue weighted by atomic mass is 10.3. The number of nitrogens with zero attached hydrogens (tertiary/aromatic N) is 3. The van der Waals surface area contributed by atoms with Crippen molar-refractivity contribution >= 4 is 6.09 Å². The number of likely N-dealkylation sites (N-methyl/N-ethyl adjacent to an activating group) is 2. The molecule has 0 aliphatic carbocycles. The average molecular weight is 257 g/mol. The van der Waals surface area contributed by atoms with Gasteiger partial charge in [0.25, 0.3) is 0 Å². The fraction of sp³-hybridized carbons (Fsp3) is 0.923. The largest absolute Gasteiger partial charge is 0.445 e. The van der Waals surface area contributed by atoms with Crippen LogP contribution in [0.4, 0.5) is 4.79 Å². The summed E-state index contributed by atoms with van der Waals surface area (Å²) in [6, 6.07) is 0. The van der Waals surface area contributed by atoms with Gasteiger partial charge in [0, 0.05) is 32.7 Å². The molecule has 5 nitrogen and oxygen atoms in total. The lowest BCUT2D eigenvalue weighted by Crippen LogP contribution is -2.48. The maximum absolute atomic E-state index is 11.9. The highest BCUT2D eigenvalue weighted by molar-refractivity contribution is 5.67. The Hall–Kier alpha value is -0.810. The van der Waals surface area contributed by atoms with Crippen molar-refractivity contribution in [2.24, 2.45) is 0 Å². The standard InChI is InChI=1S/C13H27N3O2/c1-5-15(6-2)11-12(3)18-13(17)16-9-7-14(4)8-10-16/h12H,5-11H2,1-4H3/t12-/m0/s1. The smallest absolute Gasteiger partial charge is 0.410 e. The van der Waals surface area contributed by atoms with Gasteiger partial charge in [0.15, 0.2) is 0 Å². The molecule has 0 saturated carbocycles. The first-order valence-corrected chi connectivity index (χ1v) is 6.93. The van der Waals surface area contributed by atoms with E-state index in [1.165, 1.54) is 0 Å². The van der Waals surface area contributed by atoms with Crippen molar-refractivity contribution in [2.75, 3.05) is 52.9 Å². The summed E-state index contributed by atoms with van der Waals surface area (Å²) in [6.45, 7) is 12.4. The number of ether oxygens (including phenoxy) is 1. The van der Waals surface area contributed by atoms with Crippen LogP contribution in [0, 0.1) is 0 Å². The van der Waals surface area contributed by atoms with E-state index in [2.05, 4.69) is 30.7 Å². The Balaban J connectivity index is 2.30. The molecule has 0 aromatic heterocycles. The van der Waals surface area contributed by atoms with E-state index in [1.807, 2.05) is 6.92 Å². The third kappa shape index (κ3) is 4.82. The number of carbonyl (C=O) groups excluding carboxylic acids is 1. The van der Waals surface area contributed by atoms with Crippen LogP contribution >= 0.6 is 0 Å². The van der Waals surface area contributed by atoms with E-state index in [-0.39, 0.29) is 12.2 Å². The lowest BCUT2D eigenvalue weighted by molar-refractivity contribution is 0.0420. The van der Waals surface area contributed by atoms with Crippen LogP contribution in [0.5, 0.6) is 0 Å². The third-order valence-electron chi connectivity index (χ3n) is 3.47. The first-order valence-electron chi connectivity index (χ1n) is 6.93. The fourth-order valence-electron chi connectivity index (χ4n) is 2.12. The van der Waals surface area contributed by atoms with Crippen molar-refractivity contribution in [1.29, 1.82) is 0 Å². The summed E-state index contributed by atoms with van der Waals surface area (Å²) in [5, 5.41) is 0. The SMILES string of the molecule is CCN(CC)C[C@H](C)OC(=O)N1CCN(C)CC1. The van der Waals surface area contributed by atoms with E-state index in [0.29, 0.717) is 0 Å². The zero-order valence-electron chi connectivity index (χ0n) is 12.2. The number of carbonyl (C=O) groups is 1. The molecule has 1 saturated heterocycles. The molecule has 0 radical (unpaired) electrons. The molecular formula is C13H27N3O2. The molecule has 0 unspecified atom stereocenters. The molecule has 1 aliphatic rings. The average Bonchev–Trinajstić information content (AvgIpc) is 2.36. The highest BCUT2D eigenvalue weighted by Gasteiger charge is 2.22. The summed E-state index contributed by atoms with van der Waals surface area (Å²) in [7, 11) is 2.08. The minimum Gasteiger partial charge on any atom is -0.445 e. The summed E-state index contributed by atoms with van der Waals surface area (Å²) in [6.07, 6.45) is -0.209. The number of hydrogen-bond acceptors (Lipinski definition) is 4. The molecule has 1 atom stereocenters. The second-order valence-electron chi connectivity index (χ2n) is 4.97. The van der Waals surface area contributed by atoms with Crippen LogP contribution in [0.2, 0.25) is 0 Å². The Morgan fingerprint density at radius 2 is 1.78 bits per heavy atom. The van der Waals surface area contributed by atoms with Gasteiger partial charge in [-0.15, -0.1) is 0 Å². The normalized spacial score (nSPS) is 19.1. The van der Waals surface area contributed by atoms with Gasteiger partial charge < -0.3 is 19.4 Å². The molecule has 0 bridgehead atoms. The molecule has 0 N–H and O–H groups in total. The van der Waals surface area contributed by atoms with E-state index < -0.39 is 0 Å². The number of amides is 1. The van der Waals surface area contributed by atoms with Crippen molar-refractivity contribution in [1.82, 2.24) is 14.7 Å². The monoisotopic (exact) mass is 257 g/mol. The maximum atomic E-state index is 11.9. The fourth-order valence-corrected chi connectivity index (χ4v) is 2.12. The maximum Gasteiger partial charge on any atom is 0.410 e. The summed E-state index contributed by atoms with van der Waals surface area (Å²) in [5.41, 5.74) is 0. The van der Waals surface area contributed by atoms with Crippen LogP contribution in [-0.2, 0) is 4.74 Å². The molecule has 5 heteroatoms. The molecule has 18 heavy (non-hydrogen) atoms. The summed E-state index contributed by atoms with van der Waals surface area (Å²) >= 11 is 0. The van der Waals surface area contributed by atoms with Crippen LogP contribution in [-0.4, -0.2) is 79.8 Å². The van der Waals surface area contributed by atoms with Crippen molar-refractivity contribution < 1.29 is 9.53 Å². The van der Waals surface area contributed by atoms with Crippen molar-refractivity contribution in [3.05, 3.63) is 0 Å². The molecular weight excluding hydrogens is 230 g/mol. The quantitative estimate of drug-likeness (QED) is 0.739. The molecule has 1 heterocycles. The van der Waals surface area contributed by atoms with Gasteiger partial charge >= 0.3 is 6.09 Å². The van der Waals surface area contributed by atoms with E-state index in [1.54, 1.807) is 4.90 Å². The van der Waals surface area contributed by atoms with Crippen LogP contribution in [0.1, 0.15) is 20.8 Å². The van der Waals surface area contributed by atoms with Gasteiger partial charge in [0.1, 0.15) is 6.10 Å². The second kappa shape index (κ2) is 7.59.